The molecule has 2 heterocycles. The van der Waals surface area contributed by atoms with Crippen molar-refractivity contribution < 1.29 is 9.90 Å². The molecule has 2 rings (SSSR count). The zero-order chi connectivity index (χ0) is 11.8. The Hall–Kier alpha value is -1.58. The van der Waals surface area contributed by atoms with E-state index < -0.39 is 11.4 Å². The van der Waals surface area contributed by atoms with Gasteiger partial charge in [0.05, 0.1) is 5.41 Å². The van der Waals surface area contributed by atoms with Crippen molar-refractivity contribution in [2.75, 3.05) is 18.0 Å². The average molecular weight is 220 g/mol. The van der Waals surface area contributed by atoms with Gasteiger partial charge in [0.25, 0.3) is 0 Å². The zero-order valence-corrected chi connectivity index (χ0v) is 9.60. The molecule has 4 heteroatoms. The summed E-state index contributed by atoms with van der Waals surface area (Å²) in [5.41, 5.74) is 0.326. The molecule has 16 heavy (non-hydrogen) atoms. The van der Waals surface area contributed by atoms with Gasteiger partial charge in [-0.2, -0.15) is 0 Å². The highest BCUT2D eigenvalue weighted by molar-refractivity contribution is 5.76. The molecule has 1 saturated heterocycles. The van der Waals surface area contributed by atoms with Crippen LogP contribution in [0.1, 0.15) is 19.0 Å². The number of anilines is 1. The summed E-state index contributed by atoms with van der Waals surface area (Å²) in [5.74, 6) is 0.160. The molecule has 1 atom stereocenters. The van der Waals surface area contributed by atoms with E-state index in [1.807, 2.05) is 30.0 Å². The summed E-state index contributed by atoms with van der Waals surface area (Å²) < 4.78 is 0. The quantitative estimate of drug-likeness (QED) is 0.824. The van der Waals surface area contributed by atoms with Gasteiger partial charge >= 0.3 is 5.97 Å². The number of hydrogen-bond acceptors (Lipinski definition) is 3. The molecular weight excluding hydrogens is 204 g/mol. The van der Waals surface area contributed by atoms with Crippen molar-refractivity contribution in [1.29, 1.82) is 0 Å². The fourth-order valence-electron chi connectivity index (χ4n) is 2.04. The maximum atomic E-state index is 11.1. The Labute approximate surface area is 94.9 Å². The van der Waals surface area contributed by atoms with E-state index in [2.05, 4.69) is 4.98 Å². The molecule has 0 saturated carbocycles. The molecule has 0 spiro atoms. The van der Waals surface area contributed by atoms with E-state index in [9.17, 15) is 4.79 Å². The van der Waals surface area contributed by atoms with Crippen molar-refractivity contribution in [2.45, 2.75) is 20.3 Å². The number of carboxylic acids is 1. The minimum atomic E-state index is -0.720. The van der Waals surface area contributed by atoms with Crippen LogP contribution in [-0.4, -0.2) is 29.1 Å². The summed E-state index contributed by atoms with van der Waals surface area (Å²) in [5, 5.41) is 9.14. The van der Waals surface area contributed by atoms with Crippen LogP contribution >= 0.6 is 0 Å². The molecular formula is C12H16N2O2. The molecule has 1 aliphatic rings. The van der Waals surface area contributed by atoms with Crippen LogP contribution in [0.2, 0.25) is 0 Å². The van der Waals surface area contributed by atoms with E-state index in [0.717, 1.165) is 18.1 Å². The van der Waals surface area contributed by atoms with Crippen LogP contribution in [0.5, 0.6) is 0 Å². The van der Waals surface area contributed by atoms with Crippen molar-refractivity contribution in [3.8, 4) is 0 Å². The van der Waals surface area contributed by atoms with Gasteiger partial charge in [-0.05, 0) is 32.4 Å². The summed E-state index contributed by atoms with van der Waals surface area (Å²) in [6.45, 7) is 5.04. The standard InChI is InChI=1S/C12H16N2O2/c1-9-4-3-5-10(13-9)14-7-6-12(2,8-14)11(15)16/h3-5H,6-8H2,1-2H3,(H,15,16). The maximum absolute atomic E-state index is 11.1. The highest BCUT2D eigenvalue weighted by Crippen LogP contribution is 2.32. The zero-order valence-electron chi connectivity index (χ0n) is 9.60. The van der Waals surface area contributed by atoms with Crippen molar-refractivity contribution in [3.05, 3.63) is 23.9 Å². The maximum Gasteiger partial charge on any atom is 0.311 e. The lowest BCUT2D eigenvalue weighted by Crippen LogP contribution is -2.32. The molecule has 1 unspecified atom stereocenters. The lowest BCUT2D eigenvalue weighted by atomic mass is 9.90. The molecule has 0 amide bonds. The molecule has 4 nitrogen and oxygen atoms in total. The third-order valence-corrected chi connectivity index (χ3v) is 3.19. The smallest absolute Gasteiger partial charge is 0.311 e. The Kier molecular flexibility index (Phi) is 2.58. The number of rotatable bonds is 2. The summed E-state index contributed by atoms with van der Waals surface area (Å²) in [4.78, 5) is 17.6. The SMILES string of the molecule is Cc1cccc(N2CCC(C)(C(=O)O)C2)n1. The van der Waals surface area contributed by atoms with E-state index in [1.165, 1.54) is 0 Å². The first kappa shape index (κ1) is 10.9. The Morgan fingerprint density at radius 1 is 1.56 bits per heavy atom. The first-order valence-electron chi connectivity index (χ1n) is 5.43. The largest absolute Gasteiger partial charge is 0.481 e. The van der Waals surface area contributed by atoms with Gasteiger partial charge in [0, 0.05) is 18.8 Å². The van der Waals surface area contributed by atoms with Crippen LogP contribution in [0, 0.1) is 12.3 Å². The predicted molar refractivity (Wildman–Crippen MR) is 61.5 cm³/mol. The molecule has 0 radical (unpaired) electrons. The Bertz CT molecular complexity index is 419. The summed E-state index contributed by atoms with van der Waals surface area (Å²) in [6.07, 6.45) is 0.679. The molecule has 86 valence electrons. The van der Waals surface area contributed by atoms with Gasteiger partial charge < -0.3 is 10.0 Å². The summed E-state index contributed by atoms with van der Waals surface area (Å²) in [6, 6.07) is 5.82. The second-order valence-corrected chi connectivity index (χ2v) is 4.67. The number of aliphatic carboxylic acids is 1. The number of nitrogens with zero attached hydrogens (tertiary/aromatic N) is 2. The first-order chi connectivity index (χ1) is 7.51. The molecule has 1 fully saturated rings. The highest BCUT2D eigenvalue weighted by atomic mass is 16.4. The summed E-state index contributed by atoms with van der Waals surface area (Å²) in [7, 11) is 0. The third kappa shape index (κ3) is 1.87. The Morgan fingerprint density at radius 3 is 2.88 bits per heavy atom. The first-order valence-corrected chi connectivity index (χ1v) is 5.43. The van der Waals surface area contributed by atoms with Crippen molar-refractivity contribution in [1.82, 2.24) is 4.98 Å². The minimum Gasteiger partial charge on any atom is -0.481 e. The predicted octanol–water partition coefficient (Wildman–Crippen LogP) is 1.69. The van der Waals surface area contributed by atoms with E-state index in [-0.39, 0.29) is 0 Å². The van der Waals surface area contributed by atoms with Crippen LogP contribution in [0.15, 0.2) is 18.2 Å². The number of carboxylic acid groups (broad SMARTS) is 1. The van der Waals surface area contributed by atoms with Crippen LogP contribution in [0.25, 0.3) is 0 Å². The number of pyridine rings is 1. The average Bonchev–Trinajstić information content (AvgIpc) is 2.62. The van der Waals surface area contributed by atoms with Gasteiger partial charge in [-0.25, -0.2) is 4.98 Å². The van der Waals surface area contributed by atoms with Crippen molar-refractivity contribution in [2.24, 2.45) is 5.41 Å². The topological polar surface area (TPSA) is 53.4 Å². The molecule has 1 aliphatic heterocycles. The molecule has 1 aromatic heterocycles. The lowest BCUT2D eigenvalue weighted by Gasteiger charge is -2.21. The number of carbonyl (C=O) groups is 1. The molecule has 0 aromatic carbocycles. The molecule has 1 aromatic rings. The molecule has 1 N–H and O–H groups in total. The van der Waals surface area contributed by atoms with E-state index in [1.54, 1.807) is 6.92 Å². The normalized spacial score (nSPS) is 24.8. The van der Waals surface area contributed by atoms with Gasteiger partial charge in [0.1, 0.15) is 5.82 Å². The molecule has 0 aliphatic carbocycles. The monoisotopic (exact) mass is 220 g/mol. The van der Waals surface area contributed by atoms with E-state index in [0.29, 0.717) is 13.0 Å². The van der Waals surface area contributed by atoms with Crippen LogP contribution in [0.3, 0.4) is 0 Å². The van der Waals surface area contributed by atoms with Gasteiger partial charge in [0.2, 0.25) is 0 Å². The number of aromatic nitrogens is 1. The minimum absolute atomic E-state index is 0.540. The lowest BCUT2D eigenvalue weighted by molar-refractivity contribution is -0.146. The van der Waals surface area contributed by atoms with Gasteiger partial charge in [-0.15, -0.1) is 0 Å². The van der Waals surface area contributed by atoms with Gasteiger partial charge in [-0.1, -0.05) is 6.07 Å². The fraction of sp³-hybridized carbons (Fsp3) is 0.500. The fourth-order valence-corrected chi connectivity index (χ4v) is 2.04. The van der Waals surface area contributed by atoms with Crippen LogP contribution in [0.4, 0.5) is 5.82 Å². The second-order valence-electron chi connectivity index (χ2n) is 4.67. The van der Waals surface area contributed by atoms with Gasteiger partial charge in [-0.3, -0.25) is 4.79 Å². The van der Waals surface area contributed by atoms with Crippen molar-refractivity contribution >= 4 is 11.8 Å². The van der Waals surface area contributed by atoms with E-state index >= 15 is 0 Å². The number of aryl methyl sites for hydroxylation is 1. The van der Waals surface area contributed by atoms with Gasteiger partial charge in [0.15, 0.2) is 0 Å². The molecule has 0 bridgehead atoms. The van der Waals surface area contributed by atoms with E-state index in [4.69, 9.17) is 5.11 Å². The summed E-state index contributed by atoms with van der Waals surface area (Å²) >= 11 is 0. The van der Waals surface area contributed by atoms with Crippen LogP contribution in [-0.2, 0) is 4.79 Å². The third-order valence-electron chi connectivity index (χ3n) is 3.19. The Balaban J connectivity index is 2.18. The Morgan fingerprint density at radius 2 is 2.31 bits per heavy atom. The second kappa shape index (κ2) is 3.77. The van der Waals surface area contributed by atoms with Crippen molar-refractivity contribution in [3.63, 3.8) is 0 Å². The number of hydrogen-bond donors (Lipinski definition) is 1. The van der Waals surface area contributed by atoms with Crippen LogP contribution < -0.4 is 4.90 Å². The highest BCUT2D eigenvalue weighted by Gasteiger charge is 2.40.